The first kappa shape index (κ1) is 21.3. The number of guanidine groups is 1. The summed E-state index contributed by atoms with van der Waals surface area (Å²) in [6, 6.07) is 6.04. The fraction of sp³-hybridized carbons (Fsp3) is 0.632. The number of nitrogens with zero attached hydrogens (tertiary/aromatic N) is 1. The number of hydrogen-bond acceptors (Lipinski definition) is 5. The van der Waals surface area contributed by atoms with Crippen molar-refractivity contribution < 1.29 is 17.9 Å². The van der Waals surface area contributed by atoms with E-state index in [1.54, 1.807) is 7.05 Å². The molecule has 2 N–H and O–H groups in total. The summed E-state index contributed by atoms with van der Waals surface area (Å²) in [5, 5.41) is 6.58. The van der Waals surface area contributed by atoms with Gasteiger partial charge in [-0.2, -0.15) is 0 Å². The van der Waals surface area contributed by atoms with Crippen molar-refractivity contribution in [1.29, 1.82) is 0 Å². The molecular weight excluding hydrogens is 366 g/mol. The largest absolute Gasteiger partial charge is 0.486 e. The number of fused-ring (bicyclic) bond motifs is 1. The van der Waals surface area contributed by atoms with Gasteiger partial charge in [0, 0.05) is 31.3 Å². The van der Waals surface area contributed by atoms with E-state index in [1.807, 2.05) is 19.1 Å². The van der Waals surface area contributed by atoms with Crippen LogP contribution in [0.3, 0.4) is 0 Å². The van der Waals surface area contributed by atoms with Gasteiger partial charge in [-0.05, 0) is 31.0 Å². The molecule has 1 aliphatic rings. The fourth-order valence-electron chi connectivity index (χ4n) is 2.76. The Kier molecular flexibility index (Phi) is 6.97. The smallest absolute Gasteiger partial charge is 0.191 e. The molecule has 0 radical (unpaired) electrons. The van der Waals surface area contributed by atoms with Crippen molar-refractivity contribution in [1.82, 2.24) is 10.6 Å². The van der Waals surface area contributed by atoms with Crippen molar-refractivity contribution in [2.45, 2.75) is 38.6 Å². The van der Waals surface area contributed by atoms with Gasteiger partial charge in [0.2, 0.25) is 0 Å². The van der Waals surface area contributed by atoms with Crippen LogP contribution in [0.25, 0.3) is 0 Å². The second kappa shape index (κ2) is 8.82. The van der Waals surface area contributed by atoms with Crippen LogP contribution in [0.2, 0.25) is 0 Å². The van der Waals surface area contributed by atoms with Gasteiger partial charge >= 0.3 is 0 Å². The highest BCUT2D eigenvalue weighted by Gasteiger charge is 2.24. The Labute approximate surface area is 162 Å². The molecule has 0 aromatic heterocycles. The highest BCUT2D eigenvalue weighted by molar-refractivity contribution is 7.90. The molecule has 8 heteroatoms. The fourth-order valence-corrected chi connectivity index (χ4v) is 3.54. The molecule has 0 saturated heterocycles. The zero-order valence-electron chi connectivity index (χ0n) is 16.8. The second-order valence-corrected chi connectivity index (χ2v) is 9.89. The summed E-state index contributed by atoms with van der Waals surface area (Å²) in [6.07, 6.45) is 1.79. The summed E-state index contributed by atoms with van der Waals surface area (Å²) in [7, 11) is -1.26. The van der Waals surface area contributed by atoms with Crippen molar-refractivity contribution in [3.05, 3.63) is 23.8 Å². The molecule has 7 nitrogen and oxygen atoms in total. The Hall–Kier alpha value is -1.96. The van der Waals surface area contributed by atoms with Gasteiger partial charge in [-0.25, -0.2) is 8.42 Å². The summed E-state index contributed by atoms with van der Waals surface area (Å²) in [5.74, 6) is 2.37. The molecule has 1 unspecified atom stereocenters. The lowest BCUT2D eigenvalue weighted by molar-refractivity contribution is 0.171. The van der Waals surface area contributed by atoms with Crippen LogP contribution in [0.15, 0.2) is 23.2 Å². The number of benzene rings is 1. The molecule has 0 spiro atoms. The lowest BCUT2D eigenvalue weighted by Gasteiger charge is -2.29. The van der Waals surface area contributed by atoms with Crippen LogP contribution in [0, 0.1) is 0 Å². The first-order chi connectivity index (χ1) is 12.6. The molecule has 2 rings (SSSR count). The third-order valence-corrected chi connectivity index (χ3v) is 5.53. The minimum atomic E-state index is -2.96. The topological polar surface area (TPSA) is 89.0 Å². The lowest BCUT2D eigenvalue weighted by Crippen LogP contribution is -2.46. The highest BCUT2D eigenvalue weighted by Crippen LogP contribution is 2.34. The second-order valence-electron chi connectivity index (χ2n) is 7.63. The molecular formula is C19H31N3O4S. The van der Waals surface area contributed by atoms with E-state index in [0.29, 0.717) is 32.1 Å². The number of nitrogens with one attached hydrogen (secondary N) is 2. The van der Waals surface area contributed by atoms with E-state index in [9.17, 15) is 8.42 Å². The van der Waals surface area contributed by atoms with E-state index in [0.717, 1.165) is 17.1 Å². The van der Waals surface area contributed by atoms with Crippen LogP contribution in [0.1, 0.15) is 32.8 Å². The molecule has 0 amide bonds. The normalized spacial score (nSPS) is 16.0. The SMILES string of the molecule is CN=C(NCC(C)(C)c1ccc2c(c1)OCCO2)NC(C)CCS(C)(=O)=O. The molecule has 1 aromatic rings. The monoisotopic (exact) mass is 397 g/mol. The maximum absolute atomic E-state index is 11.3. The van der Waals surface area contributed by atoms with E-state index >= 15 is 0 Å². The zero-order chi connectivity index (χ0) is 20.1. The van der Waals surface area contributed by atoms with E-state index < -0.39 is 9.84 Å². The predicted molar refractivity (Wildman–Crippen MR) is 109 cm³/mol. The number of rotatable bonds is 7. The molecule has 0 aliphatic carbocycles. The molecule has 1 aliphatic heterocycles. The Morgan fingerprint density at radius 3 is 2.56 bits per heavy atom. The lowest BCUT2D eigenvalue weighted by atomic mass is 9.84. The Morgan fingerprint density at radius 2 is 1.93 bits per heavy atom. The minimum absolute atomic E-state index is 0.00308. The number of ether oxygens (including phenoxy) is 2. The van der Waals surface area contributed by atoms with Crippen molar-refractivity contribution in [2.75, 3.05) is 38.8 Å². The van der Waals surface area contributed by atoms with Gasteiger partial charge in [0.15, 0.2) is 17.5 Å². The number of sulfone groups is 1. The van der Waals surface area contributed by atoms with Gasteiger partial charge in [0.25, 0.3) is 0 Å². The summed E-state index contributed by atoms with van der Waals surface area (Å²) in [5.41, 5.74) is 0.975. The third-order valence-electron chi connectivity index (χ3n) is 4.55. The number of hydrogen-bond donors (Lipinski definition) is 2. The molecule has 1 heterocycles. The summed E-state index contributed by atoms with van der Waals surface area (Å²) in [4.78, 5) is 4.24. The van der Waals surface area contributed by atoms with Crippen LogP contribution in [0.4, 0.5) is 0 Å². The van der Waals surface area contributed by atoms with Gasteiger partial charge in [-0.3, -0.25) is 4.99 Å². The molecule has 0 saturated carbocycles. The van der Waals surface area contributed by atoms with Crippen molar-refractivity contribution >= 4 is 15.8 Å². The van der Waals surface area contributed by atoms with Crippen LogP contribution in [-0.2, 0) is 15.3 Å². The summed E-state index contributed by atoms with van der Waals surface area (Å²) < 4.78 is 33.9. The summed E-state index contributed by atoms with van der Waals surface area (Å²) in [6.45, 7) is 8.04. The molecule has 27 heavy (non-hydrogen) atoms. The third kappa shape index (κ3) is 6.61. The standard InChI is InChI=1S/C19H31N3O4S/c1-14(8-11-27(5,23)24)22-18(20-4)21-13-19(2,3)15-6-7-16-17(12-15)26-10-9-25-16/h6-7,12,14H,8-11,13H2,1-5H3,(H2,20,21,22). The van der Waals surface area contributed by atoms with Gasteiger partial charge in [-0.15, -0.1) is 0 Å². The van der Waals surface area contributed by atoms with Crippen LogP contribution in [0.5, 0.6) is 11.5 Å². The first-order valence-corrected chi connectivity index (χ1v) is 11.2. The average Bonchev–Trinajstić information content (AvgIpc) is 2.62. The van der Waals surface area contributed by atoms with Gasteiger partial charge in [0.1, 0.15) is 23.1 Å². The highest BCUT2D eigenvalue weighted by atomic mass is 32.2. The van der Waals surface area contributed by atoms with Crippen molar-refractivity contribution in [2.24, 2.45) is 4.99 Å². The maximum atomic E-state index is 11.3. The Morgan fingerprint density at radius 1 is 1.26 bits per heavy atom. The number of aliphatic imine (C=N–C) groups is 1. The Balaban J connectivity index is 1.94. The quantitative estimate of drug-likeness (QED) is 0.538. The van der Waals surface area contributed by atoms with Crippen LogP contribution in [-0.4, -0.2) is 59.2 Å². The predicted octanol–water partition coefficient (Wildman–Crippen LogP) is 1.72. The van der Waals surface area contributed by atoms with Crippen LogP contribution < -0.4 is 20.1 Å². The van der Waals surface area contributed by atoms with Gasteiger partial charge in [-0.1, -0.05) is 19.9 Å². The molecule has 1 aromatic carbocycles. The van der Waals surface area contributed by atoms with E-state index in [4.69, 9.17) is 9.47 Å². The average molecular weight is 398 g/mol. The van der Waals surface area contributed by atoms with E-state index in [2.05, 4.69) is 35.5 Å². The molecule has 0 fully saturated rings. The molecule has 0 bridgehead atoms. The van der Waals surface area contributed by atoms with Gasteiger partial charge < -0.3 is 20.1 Å². The van der Waals surface area contributed by atoms with E-state index in [-0.39, 0.29) is 17.2 Å². The van der Waals surface area contributed by atoms with Crippen molar-refractivity contribution in [3.63, 3.8) is 0 Å². The summed E-state index contributed by atoms with van der Waals surface area (Å²) >= 11 is 0. The Bertz CT molecular complexity index is 775. The first-order valence-electron chi connectivity index (χ1n) is 9.16. The zero-order valence-corrected chi connectivity index (χ0v) is 17.6. The minimum Gasteiger partial charge on any atom is -0.486 e. The van der Waals surface area contributed by atoms with E-state index in [1.165, 1.54) is 6.26 Å². The van der Waals surface area contributed by atoms with Gasteiger partial charge in [0.05, 0.1) is 5.75 Å². The molecule has 1 atom stereocenters. The van der Waals surface area contributed by atoms with Crippen LogP contribution >= 0.6 is 0 Å². The molecule has 152 valence electrons. The van der Waals surface area contributed by atoms with Crippen molar-refractivity contribution in [3.8, 4) is 11.5 Å². The maximum Gasteiger partial charge on any atom is 0.191 e.